The van der Waals surface area contributed by atoms with Crippen LogP contribution in [-0.2, 0) is 27.3 Å². The van der Waals surface area contributed by atoms with Crippen LogP contribution in [0.15, 0.2) is 48.5 Å². The molecule has 0 unspecified atom stereocenters. The number of esters is 1. The lowest BCUT2D eigenvalue weighted by atomic mass is 10.1. The van der Waals surface area contributed by atoms with Gasteiger partial charge in [0.05, 0.1) is 20.0 Å². The molecule has 2 aromatic carbocycles. The maximum atomic E-state index is 12.8. The molecule has 1 amide bonds. The average molecular weight is 355 g/mol. The number of ether oxygens (including phenoxy) is 3. The third kappa shape index (κ3) is 4.53. The smallest absolute Gasteiger partial charge is 0.307 e. The van der Waals surface area contributed by atoms with Gasteiger partial charge in [-0.2, -0.15) is 0 Å². The zero-order valence-corrected chi connectivity index (χ0v) is 14.6. The molecule has 26 heavy (non-hydrogen) atoms. The summed E-state index contributed by atoms with van der Waals surface area (Å²) in [6.07, 6.45) is 0.439. The Morgan fingerprint density at radius 1 is 1.04 bits per heavy atom. The first-order valence-electron chi connectivity index (χ1n) is 8.43. The average Bonchev–Trinajstić information content (AvgIpc) is 3.13. The van der Waals surface area contributed by atoms with Gasteiger partial charge >= 0.3 is 5.97 Å². The van der Waals surface area contributed by atoms with E-state index >= 15 is 0 Å². The minimum absolute atomic E-state index is 0.0437. The Hall–Kier alpha value is -3.02. The molecule has 6 heteroatoms. The van der Waals surface area contributed by atoms with Gasteiger partial charge in [0.1, 0.15) is 0 Å². The summed E-state index contributed by atoms with van der Waals surface area (Å²) in [5.74, 6) is 0.988. The van der Waals surface area contributed by atoms with E-state index in [1.165, 1.54) is 7.11 Å². The van der Waals surface area contributed by atoms with E-state index in [0.717, 1.165) is 11.1 Å². The van der Waals surface area contributed by atoms with Crippen molar-refractivity contribution in [1.82, 2.24) is 4.90 Å². The fraction of sp³-hybridized carbons (Fsp3) is 0.300. The molecule has 2 aromatic rings. The largest absolute Gasteiger partial charge is 0.469 e. The van der Waals surface area contributed by atoms with E-state index in [9.17, 15) is 9.59 Å². The lowest BCUT2D eigenvalue weighted by Crippen LogP contribution is -2.34. The summed E-state index contributed by atoms with van der Waals surface area (Å²) in [5.41, 5.74) is 1.85. The van der Waals surface area contributed by atoms with E-state index in [-0.39, 0.29) is 31.5 Å². The summed E-state index contributed by atoms with van der Waals surface area (Å²) in [6, 6.07) is 15.1. The molecule has 0 fully saturated rings. The quantitative estimate of drug-likeness (QED) is 0.714. The normalized spacial score (nSPS) is 11.9. The lowest BCUT2D eigenvalue weighted by molar-refractivity contribution is -0.141. The van der Waals surface area contributed by atoms with Crippen molar-refractivity contribution in [2.24, 2.45) is 0 Å². The van der Waals surface area contributed by atoms with Crippen LogP contribution in [-0.4, -0.2) is 37.2 Å². The molecule has 0 aromatic heterocycles. The monoisotopic (exact) mass is 355 g/mol. The highest BCUT2D eigenvalue weighted by atomic mass is 16.7. The fourth-order valence-corrected chi connectivity index (χ4v) is 2.76. The van der Waals surface area contributed by atoms with Crippen molar-refractivity contribution in [1.29, 1.82) is 0 Å². The van der Waals surface area contributed by atoms with E-state index in [0.29, 0.717) is 24.6 Å². The molecule has 1 heterocycles. The van der Waals surface area contributed by atoms with Crippen LogP contribution in [0.4, 0.5) is 0 Å². The van der Waals surface area contributed by atoms with Crippen LogP contribution in [0, 0.1) is 0 Å². The molecule has 6 nitrogen and oxygen atoms in total. The Bertz CT molecular complexity index is 775. The summed E-state index contributed by atoms with van der Waals surface area (Å²) in [4.78, 5) is 25.9. The second-order valence-corrected chi connectivity index (χ2v) is 5.99. The third-order valence-electron chi connectivity index (χ3n) is 4.17. The second kappa shape index (κ2) is 8.38. The van der Waals surface area contributed by atoms with Crippen LogP contribution in [0.2, 0.25) is 0 Å². The number of amides is 1. The number of rotatable bonds is 7. The SMILES string of the molecule is COC(=O)CCN(Cc1ccc2c(c1)OCO2)C(=O)Cc1ccccc1. The molecule has 0 aliphatic carbocycles. The Labute approximate surface area is 152 Å². The minimum Gasteiger partial charge on any atom is -0.469 e. The summed E-state index contributed by atoms with van der Waals surface area (Å²) < 4.78 is 15.4. The molecule has 0 saturated heterocycles. The number of carbonyl (C=O) groups is 2. The van der Waals surface area contributed by atoms with E-state index in [4.69, 9.17) is 14.2 Å². The highest BCUT2D eigenvalue weighted by molar-refractivity contribution is 5.79. The molecule has 0 bridgehead atoms. The Morgan fingerprint density at radius 3 is 2.58 bits per heavy atom. The highest BCUT2D eigenvalue weighted by Crippen LogP contribution is 2.32. The molecule has 1 aliphatic rings. The predicted molar refractivity (Wildman–Crippen MR) is 94.8 cm³/mol. The van der Waals surface area contributed by atoms with Crippen molar-refractivity contribution in [2.45, 2.75) is 19.4 Å². The van der Waals surface area contributed by atoms with E-state index in [1.54, 1.807) is 4.90 Å². The van der Waals surface area contributed by atoms with Gasteiger partial charge in [0, 0.05) is 13.1 Å². The van der Waals surface area contributed by atoms with Crippen molar-refractivity contribution in [2.75, 3.05) is 20.4 Å². The summed E-state index contributed by atoms with van der Waals surface area (Å²) >= 11 is 0. The van der Waals surface area contributed by atoms with E-state index in [2.05, 4.69) is 0 Å². The molecule has 1 aliphatic heterocycles. The highest BCUT2D eigenvalue weighted by Gasteiger charge is 2.19. The van der Waals surface area contributed by atoms with Crippen LogP contribution in [0.25, 0.3) is 0 Å². The van der Waals surface area contributed by atoms with E-state index < -0.39 is 0 Å². The standard InChI is InChI=1S/C20H21NO5/c1-24-20(23)9-10-21(19(22)12-15-5-3-2-4-6-15)13-16-7-8-17-18(11-16)26-14-25-17/h2-8,11H,9-10,12-14H2,1H3. The first kappa shape index (κ1) is 17.8. The Morgan fingerprint density at radius 2 is 1.81 bits per heavy atom. The molecule has 0 spiro atoms. The first-order valence-corrected chi connectivity index (χ1v) is 8.43. The number of nitrogens with zero attached hydrogens (tertiary/aromatic N) is 1. The number of fused-ring (bicyclic) bond motifs is 1. The van der Waals surface area contributed by atoms with Crippen molar-refractivity contribution < 1.29 is 23.8 Å². The van der Waals surface area contributed by atoms with Crippen molar-refractivity contribution in [3.05, 3.63) is 59.7 Å². The van der Waals surface area contributed by atoms with Gasteiger partial charge in [0.15, 0.2) is 11.5 Å². The van der Waals surface area contributed by atoms with Gasteiger partial charge < -0.3 is 19.1 Å². The van der Waals surface area contributed by atoms with Gasteiger partial charge in [-0.05, 0) is 23.3 Å². The van der Waals surface area contributed by atoms with Crippen LogP contribution >= 0.6 is 0 Å². The van der Waals surface area contributed by atoms with Crippen molar-refractivity contribution >= 4 is 11.9 Å². The summed E-state index contributed by atoms with van der Waals surface area (Å²) in [5, 5.41) is 0. The van der Waals surface area contributed by atoms with Crippen molar-refractivity contribution in [3.8, 4) is 11.5 Å². The molecular formula is C20H21NO5. The molecule has 3 rings (SSSR count). The lowest BCUT2D eigenvalue weighted by Gasteiger charge is -2.23. The molecule has 0 atom stereocenters. The second-order valence-electron chi connectivity index (χ2n) is 5.99. The van der Waals surface area contributed by atoms with E-state index in [1.807, 2.05) is 48.5 Å². The minimum atomic E-state index is -0.340. The van der Waals surface area contributed by atoms with Gasteiger partial charge in [-0.3, -0.25) is 9.59 Å². The van der Waals surface area contributed by atoms with Crippen LogP contribution in [0.1, 0.15) is 17.5 Å². The van der Waals surface area contributed by atoms with Gasteiger partial charge in [0.2, 0.25) is 12.7 Å². The third-order valence-corrected chi connectivity index (χ3v) is 4.17. The Kier molecular flexibility index (Phi) is 5.73. The van der Waals surface area contributed by atoms with Crippen LogP contribution in [0.3, 0.4) is 0 Å². The van der Waals surface area contributed by atoms with Crippen molar-refractivity contribution in [3.63, 3.8) is 0 Å². The number of hydrogen-bond acceptors (Lipinski definition) is 5. The van der Waals surface area contributed by atoms with Crippen LogP contribution in [0.5, 0.6) is 11.5 Å². The summed E-state index contributed by atoms with van der Waals surface area (Å²) in [6.45, 7) is 0.893. The van der Waals surface area contributed by atoms with Gasteiger partial charge in [-0.15, -0.1) is 0 Å². The number of benzene rings is 2. The van der Waals surface area contributed by atoms with Gasteiger partial charge in [-0.1, -0.05) is 36.4 Å². The fourth-order valence-electron chi connectivity index (χ4n) is 2.76. The molecule has 136 valence electrons. The molecule has 0 N–H and O–H groups in total. The zero-order valence-electron chi connectivity index (χ0n) is 14.6. The predicted octanol–water partition coefficient (Wildman–Crippen LogP) is 2.55. The topological polar surface area (TPSA) is 65.1 Å². The number of hydrogen-bond donors (Lipinski definition) is 0. The maximum absolute atomic E-state index is 12.8. The number of methoxy groups -OCH3 is 1. The molecular weight excluding hydrogens is 334 g/mol. The van der Waals surface area contributed by atoms with Gasteiger partial charge in [-0.25, -0.2) is 0 Å². The first-order chi connectivity index (χ1) is 12.7. The summed E-state index contributed by atoms with van der Waals surface area (Å²) in [7, 11) is 1.34. The van der Waals surface area contributed by atoms with Gasteiger partial charge in [0.25, 0.3) is 0 Å². The molecule has 0 radical (unpaired) electrons. The maximum Gasteiger partial charge on any atom is 0.307 e. The zero-order chi connectivity index (χ0) is 18.4. The molecule has 0 saturated carbocycles. The van der Waals surface area contributed by atoms with Crippen LogP contribution < -0.4 is 9.47 Å². The number of carbonyl (C=O) groups excluding carboxylic acids is 2. The Balaban J connectivity index is 1.71.